The van der Waals surface area contributed by atoms with E-state index in [1.165, 1.54) is 0 Å². The van der Waals surface area contributed by atoms with Gasteiger partial charge in [-0.2, -0.15) is 0 Å². The van der Waals surface area contributed by atoms with Crippen LogP contribution in [0.25, 0.3) is 0 Å². The predicted octanol–water partition coefficient (Wildman–Crippen LogP) is -0.999. The first-order chi connectivity index (χ1) is 5.92. The Bertz CT molecular complexity index is 287. The third-order valence-electron chi connectivity index (χ3n) is 3.34. The number of fused-ring (bicyclic) bond motifs is 2. The smallest absolute Gasteiger partial charge is 0.151 e. The fraction of sp³-hybridized carbons (Fsp3) is 1.00. The molecule has 5 heteroatoms. The fourth-order valence-corrected chi connectivity index (χ4v) is 4.59. The summed E-state index contributed by atoms with van der Waals surface area (Å²) in [4.78, 5) is 0. The molecule has 2 fully saturated rings. The number of sulfone groups is 1. The Kier molecular flexibility index (Phi) is 1.94. The van der Waals surface area contributed by atoms with Crippen LogP contribution in [0, 0.1) is 11.8 Å². The van der Waals surface area contributed by atoms with Crippen LogP contribution >= 0.6 is 0 Å². The van der Waals surface area contributed by atoms with Gasteiger partial charge in [0, 0.05) is 24.9 Å². The van der Waals surface area contributed by atoms with E-state index in [1.54, 1.807) is 6.92 Å². The van der Waals surface area contributed by atoms with Gasteiger partial charge >= 0.3 is 0 Å². The second-order valence-electron chi connectivity index (χ2n) is 4.35. The summed E-state index contributed by atoms with van der Waals surface area (Å²) in [7, 11) is -2.91. The first kappa shape index (κ1) is 9.43. The van der Waals surface area contributed by atoms with Gasteiger partial charge in [0.25, 0.3) is 0 Å². The summed E-state index contributed by atoms with van der Waals surface area (Å²) in [5.41, 5.74) is -0.795. The van der Waals surface area contributed by atoms with Gasteiger partial charge in [0.1, 0.15) is 0 Å². The molecule has 2 saturated heterocycles. The second-order valence-corrected chi connectivity index (χ2v) is 6.51. The molecule has 0 spiro atoms. The van der Waals surface area contributed by atoms with Gasteiger partial charge in [-0.15, -0.1) is 0 Å². The molecule has 0 aliphatic carbocycles. The Morgan fingerprint density at radius 1 is 1.31 bits per heavy atom. The topological polar surface area (TPSA) is 66.4 Å². The summed E-state index contributed by atoms with van der Waals surface area (Å²) >= 11 is 0. The summed E-state index contributed by atoms with van der Waals surface area (Å²) in [6.07, 6.45) is 0. The van der Waals surface area contributed by atoms with Crippen LogP contribution in [0.5, 0.6) is 0 Å². The number of hydrogen-bond donors (Lipinski definition) is 2. The Labute approximate surface area is 78.3 Å². The van der Waals surface area contributed by atoms with E-state index >= 15 is 0 Å². The van der Waals surface area contributed by atoms with Crippen molar-refractivity contribution >= 4 is 9.84 Å². The maximum atomic E-state index is 11.4. The molecule has 2 aliphatic rings. The number of hydrogen-bond acceptors (Lipinski definition) is 4. The minimum absolute atomic E-state index is 0.128. The van der Waals surface area contributed by atoms with Crippen LogP contribution in [0.2, 0.25) is 0 Å². The van der Waals surface area contributed by atoms with Crippen molar-refractivity contribution in [1.29, 1.82) is 0 Å². The maximum Gasteiger partial charge on any atom is 0.151 e. The second kappa shape index (κ2) is 2.68. The SMILES string of the molecule is CC1(O)C2CNCC1CS(=O)(=O)C2. The first-order valence-corrected chi connectivity index (χ1v) is 6.37. The molecule has 0 saturated carbocycles. The standard InChI is InChI=1S/C8H15NO3S/c1-8(10)6-2-9-3-7(8)5-13(11,12)4-6/h6-7,9-10H,2-5H2,1H3. The van der Waals surface area contributed by atoms with Crippen LogP contribution in [0.4, 0.5) is 0 Å². The van der Waals surface area contributed by atoms with Gasteiger partial charge in [-0.1, -0.05) is 0 Å². The predicted molar refractivity (Wildman–Crippen MR) is 49.1 cm³/mol. The lowest BCUT2D eigenvalue weighted by Gasteiger charge is -2.47. The van der Waals surface area contributed by atoms with Crippen molar-refractivity contribution < 1.29 is 13.5 Å². The monoisotopic (exact) mass is 205 g/mol. The van der Waals surface area contributed by atoms with Gasteiger partial charge in [-0.05, 0) is 6.92 Å². The molecule has 2 bridgehead atoms. The lowest BCUT2D eigenvalue weighted by atomic mass is 9.77. The van der Waals surface area contributed by atoms with E-state index in [0.29, 0.717) is 13.1 Å². The molecule has 0 amide bonds. The third-order valence-corrected chi connectivity index (χ3v) is 5.17. The fourth-order valence-electron chi connectivity index (χ4n) is 2.31. The zero-order chi connectivity index (χ0) is 9.69. The minimum Gasteiger partial charge on any atom is -0.389 e. The van der Waals surface area contributed by atoms with Crippen LogP contribution in [-0.4, -0.2) is 43.7 Å². The van der Waals surface area contributed by atoms with Crippen molar-refractivity contribution in [2.75, 3.05) is 24.6 Å². The van der Waals surface area contributed by atoms with Crippen molar-refractivity contribution in [3.63, 3.8) is 0 Å². The zero-order valence-electron chi connectivity index (χ0n) is 7.66. The molecule has 76 valence electrons. The molecule has 2 heterocycles. The molecule has 0 aromatic heterocycles. The first-order valence-electron chi connectivity index (χ1n) is 4.55. The van der Waals surface area contributed by atoms with E-state index in [1.807, 2.05) is 0 Å². The van der Waals surface area contributed by atoms with Gasteiger partial charge in [-0.3, -0.25) is 0 Å². The van der Waals surface area contributed by atoms with Crippen LogP contribution < -0.4 is 5.32 Å². The third kappa shape index (κ3) is 1.49. The molecule has 2 aliphatic heterocycles. The van der Waals surface area contributed by atoms with E-state index in [4.69, 9.17) is 0 Å². The molecule has 2 N–H and O–H groups in total. The Morgan fingerprint density at radius 2 is 1.77 bits per heavy atom. The van der Waals surface area contributed by atoms with E-state index in [-0.39, 0.29) is 23.3 Å². The summed E-state index contributed by atoms with van der Waals surface area (Å²) in [6.45, 7) is 2.99. The van der Waals surface area contributed by atoms with Crippen molar-refractivity contribution in [1.82, 2.24) is 5.32 Å². The highest BCUT2D eigenvalue weighted by atomic mass is 32.2. The van der Waals surface area contributed by atoms with Gasteiger partial charge < -0.3 is 10.4 Å². The van der Waals surface area contributed by atoms with Gasteiger partial charge in [0.2, 0.25) is 0 Å². The number of nitrogens with one attached hydrogen (secondary N) is 1. The lowest BCUT2D eigenvalue weighted by Crippen LogP contribution is -2.62. The summed E-state index contributed by atoms with van der Waals surface area (Å²) in [6, 6.07) is 0. The molecule has 2 rings (SSSR count). The van der Waals surface area contributed by atoms with E-state index < -0.39 is 15.4 Å². The highest BCUT2D eigenvalue weighted by Gasteiger charge is 2.49. The Morgan fingerprint density at radius 3 is 2.23 bits per heavy atom. The Balaban J connectivity index is 2.32. The van der Waals surface area contributed by atoms with Crippen molar-refractivity contribution in [3.05, 3.63) is 0 Å². The molecule has 13 heavy (non-hydrogen) atoms. The van der Waals surface area contributed by atoms with E-state index in [0.717, 1.165) is 0 Å². The largest absolute Gasteiger partial charge is 0.389 e. The average molecular weight is 205 g/mol. The van der Waals surface area contributed by atoms with E-state index in [2.05, 4.69) is 5.32 Å². The van der Waals surface area contributed by atoms with Crippen LogP contribution in [0.15, 0.2) is 0 Å². The van der Waals surface area contributed by atoms with Crippen molar-refractivity contribution in [2.45, 2.75) is 12.5 Å². The summed E-state index contributed by atoms with van der Waals surface area (Å²) < 4.78 is 22.8. The summed E-state index contributed by atoms with van der Waals surface area (Å²) in [5, 5.41) is 13.2. The van der Waals surface area contributed by atoms with Crippen LogP contribution in [-0.2, 0) is 9.84 Å². The minimum atomic E-state index is -2.91. The highest BCUT2D eigenvalue weighted by molar-refractivity contribution is 7.91. The Hall–Kier alpha value is -0.130. The molecule has 0 aromatic rings. The van der Waals surface area contributed by atoms with E-state index in [9.17, 15) is 13.5 Å². The van der Waals surface area contributed by atoms with Crippen LogP contribution in [0.3, 0.4) is 0 Å². The molecule has 2 unspecified atom stereocenters. The molecule has 2 atom stereocenters. The van der Waals surface area contributed by atoms with Gasteiger partial charge in [0.05, 0.1) is 17.1 Å². The van der Waals surface area contributed by atoms with Crippen molar-refractivity contribution in [3.8, 4) is 0 Å². The average Bonchev–Trinajstić information content (AvgIpc) is 1.93. The molecular weight excluding hydrogens is 190 g/mol. The summed E-state index contributed by atoms with van der Waals surface area (Å²) in [5.74, 6) is -0.0116. The van der Waals surface area contributed by atoms with Gasteiger partial charge in [-0.25, -0.2) is 8.42 Å². The zero-order valence-corrected chi connectivity index (χ0v) is 8.47. The highest BCUT2D eigenvalue weighted by Crippen LogP contribution is 2.35. The van der Waals surface area contributed by atoms with Gasteiger partial charge in [0.15, 0.2) is 9.84 Å². The molecule has 4 nitrogen and oxygen atoms in total. The lowest BCUT2D eigenvalue weighted by molar-refractivity contribution is -0.0599. The molecule has 0 aromatic carbocycles. The van der Waals surface area contributed by atoms with Crippen molar-refractivity contribution in [2.24, 2.45) is 11.8 Å². The van der Waals surface area contributed by atoms with Crippen LogP contribution in [0.1, 0.15) is 6.92 Å². The number of aliphatic hydroxyl groups is 1. The molecular formula is C8H15NO3S. The number of piperidine rings is 1. The normalized spacial score (nSPS) is 48.8. The number of rotatable bonds is 0. The maximum absolute atomic E-state index is 11.4. The molecule has 0 radical (unpaired) electrons. The quantitative estimate of drug-likeness (QED) is 0.532.